The number of rotatable bonds is 5. The third-order valence-electron chi connectivity index (χ3n) is 7.62. The van der Waals surface area contributed by atoms with Crippen molar-refractivity contribution in [2.24, 2.45) is 5.41 Å². The number of fused-ring (bicyclic) bond motifs is 2. The van der Waals surface area contributed by atoms with Gasteiger partial charge in [-0.3, -0.25) is 0 Å². The molecule has 1 heterocycles. The molecule has 0 atom stereocenters. The molecule has 44 heavy (non-hydrogen) atoms. The Morgan fingerprint density at radius 3 is 1.80 bits per heavy atom. The van der Waals surface area contributed by atoms with Crippen LogP contribution in [0.3, 0.4) is 0 Å². The van der Waals surface area contributed by atoms with E-state index in [1.165, 1.54) is 21.5 Å². The Morgan fingerprint density at radius 1 is 0.727 bits per heavy atom. The van der Waals surface area contributed by atoms with E-state index in [1.54, 1.807) is 12.2 Å². The van der Waals surface area contributed by atoms with Crippen LogP contribution >= 0.6 is 0 Å². The van der Waals surface area contributed by atoms with E-state index in [4.69, 9.17) is 11.3 Å². The maximum absolute atomic E-state index is 9.46. The molecule has 5 aromatic rings. The summed E-state index contributed by atoms with van der Waals surface area (Å²) < 4.78 is 6.17. The van der Waals surface area contributed by atoms with Gasteiger partial charge in [-0.05, 0) is 87.3 Å². The summed E-state index contributed by atoms with van der Waals surface area (Å²) >= 11 is 0. The molecule has 0 N–H and O–H groups in total. The smallest absolute Gasteiger partial charge is 0.269 e. The summed E-state index contributed by atoms with van der Waals surface area (Å²) in [7, 11) is 0. The second-order valence-corrected chi connectivity index (χ2v) is 11.8. The van der Waals surface area contributed by atoms with Crippen molar-refractivity contribution in [2.75, 3.05) is 4.90 Å². The molecule has 4 nitrogen and oxygen atoms in total. The average molecular weight is 570 g/mol. The van der Waals surface area contributed by atoms with E-state index in [2.05, 4.69) is 119 Å². The van der Waals surface area contributed by atoms with Crippen molar-refractivity contribution in [3.05, 3.63) is 167 Å². The van der Waals surface area contributed by atoms with Gasteiger partial charge in [0.2, 0.25) is 0 Å². The van der Waals surface area contributed by atoms with Crippen molar-refractivity contribution in [3.8, 4) is 6.07 Å². The number of hydrogen-bond donors (Lipinski definition) is 0. The highest BCUT2D eigenvalue weighted by Crippen LogP contribution is 2.38. The lowest BCUT2D eigenvalue weighted by Crippen LogP contribution is -2.14. The lowest BCUT2D eigenvalue weighted by molar-refractivity contribution is 0.223. The van der Waals surface area contributed by atoms with Gasteiger partial charge in [-0.2, -0.15) is 0 Å². The van der Waals surface area contributed by atoms with Crippen molar-refractivity contribution >= 4 is 44.7 Å². The predicted octanol–water partition coefficient (Wildman–Crippen LogP) is 11.0. The molecule has 0 aromatic heterocycles. The lowest BCUT2D eigenvalue weighted by Gasteiger charge is -2.27. The molecule has 0 unspecified atom stereocenters. The summed E-state index contributed by atoms with van der Waals surface area (Å²) in [6.45, 7) is 13.5. The van der Waals surface area contributed by atoms with Crippen LogP contribution in [-0.2, 0) is 4.74 Å². The highest BCUT2D eigenvalue weighted by atomic mass is 16.5. The molecule has 4 heteroatoms. The summed E-state index contributed by atoms with van der Waals surface area (Å²) in [6.07, 6.45) is 7.41. The Bertz CT molecular complexity index is 2000. The molecule has 1 aliphatic heterocycles. The van der Waals surface area contributed by atoms with E-state index < -0.39 is 0 Å². The predicted molar refractivity (Wildman–Crippen MR) is 181 cm³/mol. The Balaban J connectivity index is 1.36. The zero-order chi connectivity index (χ0) is 30.7. The summed E-state index contributed by atoms with van der Waals surface area (Å²) in [5.41, 5.74) is 4.53. The largest absolute Gasteiger partial charge is 0.461 e. The topological polar surface area (TPSA) is 40.6 Å². The van der Waals surface area contributed by atoms with Crippen LogP contribution in [0.2, 0.25) is 0 Å². The summed E-state index contributed by atoms with van der Waals surface area (Å²) in [6, 6.07) is 40.4. The van der Waals surface area contributed by atoms with Crippen molar-refractivity contribution < 1.29 is 4.74 Å². The number of ether oxygens (including phenoxy) is 1. The Morgan fingerprint density at radius 2 is 1.27 bits per heavy atom. The molecular weight excluding hydrogens is 538 g/mol. The van der Waals surface area contributed by atoms with Gasteiger partial charge in [0.1, 0.15) is 11.5 Å². The summed E-state index contributed by atoms with van der Waals surface area (Å²) in [5, 5.41) is 14.2. The van der Waals surface area contributed by atoms with Gasteiger partial charge in [0.05, 0.1) is 12.6 Å². The number of allylic oxidation sites excluding steroid dienone is 6. The van der Waals surface area contributed by atoms with Crippen molar-refractivity contribution in [1.82, 2.24) is 0 Å². The Labute approximate surface area is 258 Å². The lowest BCUT2D eigenvalue weighted by atomic mass is 9.91. The van der Waals surface area contributed by atoms with Crippen molar-refractivity contribution in [3.63, 3.8) is 0 Å². The number of anilines is 3. The van der Waals surface area contributed by atoms with Gasteiger partial charge in [-0.1, -0.05) is 99.6 Å². The van der Waals surface area contributed by atoms with E-state index >= 15 is 0 Å². The SMILES string of the molecule is [C-]#[N+]C(C#N)=C1C=C(C=Cc2ccc(N(c3ccc4ccccc4c3)c3ccc4ccccc4c3)cc2)OC(C(C)(C)C)=C1. The standard InChI is InChI=1S/C40H31N3O/c1-40(2,3)39-26-33(38(27-41)42-4)25-37(44-39)22-15-28-13-18-34(19-14-28)43(35-20-16-29-9-5-7-11-31(29)23-35)36-21-17-30-10-6-8-12-32(30)24-36/h5-26H,1-3H3. The minimum Gasteiger partial charge on any atom is -0.461 e. The van der Waals surface area contributed by atoms with Crippen molar-refractivity contribution in [2.45, 2.75) is 20.8 Å². The Kier molecular flexibility index (Phi) is 7.59. The molecule has 0 aliphatic carbocycles. The van der Waals surface area contributed by atoms with Gasteiger partial charge in [0.15, 0.2) is 0 Å². The minimum atomic E-state index is -0.280. The first-order valence-corrected chi connectivity index (χ1v) is 14.5. The maximum atomic E-state index is 9.46. The molecule has 0 saturated heterocycles. The van der Waals surface area contributed by atoms with Crippen LogP contribution in [-0.4, -0.2) is 0 Å². The molecule has 6 rings (SSSR count). The van der Waals surface area contributed by atoms with Crippen LogP contribution in [0.1, 0.15) is 26.3 Å². The fourth-order valence-electron chi connectivity index (χ4n) is 5.26. The minimum absolute atomic E-state index is 0.0489. The molecule has 0 saturated carbocycles. The fourth-order valence-corrected chi connectivity index (χ4v) is 5.26. The zero-order valence-corrected chi connectivity index (χ0v) is 25.0. The van der Waals surface area contributed by atoms with E-state index in [9.17, 15) is 5.26 Å². The quantitative estimate of drug-likeness (QED) is 0.156. The monoisotopic (exact) mass is 569 g/mol. The third kappa shape index (κ3) is 5.88. The van der Waals surface area contributed by atoms with Crippen LogP contribution in [0, 0.1) is 23.3 Å². The van der Waals surface area contributed by atoms with Crippen LogP contribution < -0.4 is 4.90 Å². The van der Waals surface area contributed by atoms with E-state index in [0.29, 0.717) is 17.1 Å². The molecule has 1 aliphatic rings. The Hall–Kier alpha value is -5.84. The summed E-state index contributed by atoms with van der Waals surface area (Å²) in [4.78, 5) is 5.69. The van der Waals surface area contributed by atoms with Gasteiger partial charge in [-0.25, -0.2) is 10.1 Å². The van der Waals surface area contributed by atoms with Gasteiger partial charge in [-0.15, -0.1) is 0 Å². The second-order valence-electron chi connectivity index (χ2n) is 11.8. The highest BCUT2D eigenvalue weighted by molar-refractivity contribution is 5.92. The molecule has 212 valence electrons. The van der Waals surface area contributed by atoms with Crippen molar-refractivity contribution in [1.29, 1.82) is 5.26 Å². The zero-order valence-electron chi connectivity index (χ0n) is 25.0. The van der Waals surface area contributed by atoms with Crippen LogP contribution in [0.5, 0.6) is 0 Å². The van der Waals surface area contributed by atoms with Crippen LogP contribution in [0.4, 0.5) is 17.1 Å². The maximum Gasteiger partial charge on any atom is 0.269 e. The average Bonchev–Trinajstić information content (AvgIpc) is 3.04. The van der Waals surface area contributed by atoms with E-state index in [0.717, 1.165) is 22.6 Å². The van der Waals surface area contributed by atoms with Crippen LogP contribution in [0.25, 0.3) is 32.5 Å². The van der Waals surface area contributed by atoms with Gasteiger partial charge in [0, 0.05) is 22.5 Å². The number of nitriles is 1. The first-order valence-electron chi connectivity index (χ1n) is 14.5. The molecule has 0 spiro atoms. The molecule has 5 aromatic carbocycles. The number of hydrogen-bond acceptors (Lipinski definition) is 3. The molecule has 0 fully saturated rings. The van der Waals surface area contributed by atoms with Gasteiger partial charge < -0.3 is 9.64 Å². The molecule has 0 radical (unpaired) electrons. The van der Waals surface area contributed by atoms with Gasteiger partial charge in [0.25, 0.3) is 5.70 Å². The second kappa shape index (κ2) is 11.8. The number of nitrogens with zero attached hydrogens (tertiary/aromatic N) is 3. The first-order chi connectivity index (χ1) is 21.3. The molecule has 0 amide bonds. The van der Waals surface area contributed by atoms with E-state index in [-0.39, 0.29) is 11.1 Å². The molecular formula is C40H31N3O. The third-order valence-corrected chi connectivity index (χ3v) is 7.62. The first kappa shape index (κ1) is 28.3. The molecule has 0 bridgehead atoms. The summed E-state index contributed by atoms with van der Waals surface area (Å²) in [5.74, 6) is 1.30. The van der Waals surface area contributed by atoms with Crippen LogP contribution in [0.15, 0.2) is 150 Å². The number of benzene rings is 5. The normalized spacial score (nSPS) is 14.4. The highest BCUT2D eigenvalue weighted by Gasteiger charge is 2.24. The van der Waals surface area contributed by atoms with Gasteiger partial charge >= 0.3 is 0 Å². The van der Waals surface area contributed by atoms with E-state index in [1.807, 2.05) is 39.0 Å². The fraction of sp³-hybridized carbons (Fsp3) is 0.100.